The van der Waals surface area contributed by atoms with Crippen LogP contribution in [0.1, 0.15) is 27.7 Å². The summed E-state index contributed by atoms with van der Waals surface area (Å²) in [6, 6.07) is 15.2. The molecule has 2 aromatic carbocycles. The lowest BCUT2D eigenvalue weighted by atomic mass is 10.0. The Morgan fingerprint density at radius 3 is 2.88 bits per heavy atom. The maximum atomic E-state index is 12.6. The van der Waals surface area contributed by atoms with Crippen molar-refractivity contribution in [3.05, 3.63) is 70.2 Å². The molecular weight excluding hydrogens is 356 g/mol. The van der Waals surface area contributed by atoms with E-state index < -0.39 is 0 Å². The van der Waals surface area contributed by atoms with Crippen LogP contribution in [0.15, 0.2) is 54.7 Å². The number of aromatic nitrogens is 1. The number of carbonyl (C=O) groups excluding carboxylic acids is 1. The number of carbonyl (C=O) groups is 1. The molecule has 1 aromatic heterocycles. The maximum absolute atomic E-state index is 12.6. The Kier molecular flexibility index (Phi) is 4.42. The molecule has 6 heteroatoms. The van der Waals surface area contributed by atoms with Gasteiger partial charge in [-0.2, -0.15) is 0 Å². The highest BCUT2D eigenvalue weighted by molar-refractivity contribution is 7.17. The summed E-state index contributed by atoms with van der Waals surface area (Å²) in [7, 11) is 0. The van der Waals surface area contributed by atoms with Crippen molar-refractivity contribution in [2.45, 2.75) is 12.5 Å². The van der Waals surface area contributed by atoms with Gasteiger partial charge in [-0.15, -0.1) is 11.3 Å². The summed E-state index contributed by atoms with van der Waals surface area (Å²) in [5.74, 6) is 0.706. The van der Waals surface area contributed by atoms with Crippen molar-refractivity contribution in [1.29, 1.82) is 0 Å². The smallest absolute Gasteiger partial charge is 0.263 e. The minimum Gasteiger partial charge on any atom is -0.493 e. The number of nitrogens with zero attached hydrogens (tertiary/aromatic N) is 1. The van der Waals surface area contributed by atoms with E-state index in [4.69, 9.17) is 16.3 Å². The van der Waals surface area contributed by atoms with Crippen molar-refractivity contribution in [2.75, 3.05) is 6.61 Å². The van der Waals surface area contributed by atoms with E-state index in [0.29, 0.717) is 16.5 Å². The number of thiazole rings is 1. The molecule has 1 aliphatic heterocycles. The molecule has 1 unspecified atom stereocenters. The molecule has 0 saturated carbocycles. The van der Waals surface area contributed by atoms with Crippen molar-refractivity contribution in [3.63, 3.8) is 0 Å². The van der Waals surface area contributed by atoms with Gasteiger partial charge in [0.1, 0.15) is 15.6 Å². The van der Waals surface area contributed by atoms with Crippen LogP contribution in [-0.4, -0.2) is 17.5 Å². The minimum absolute atomic E-state index is 0.0525. The third-order valence-corrected chi connectivity index (χ3v) is 5.46. The van der Waals surface area contributed by atoms with Gasteiger partial charge in [0, 0.05) is 17.5 Å². The molecular formula is C19H15ClN2O2S. The molecule has 1 aliphatic rings. The zero-order valence-electron chi connectivity index (χ0n) is 13.2. The highest BCUT2D eigenvalue weighted by atomic mass is 35.5. The Morgan fingerprint density at radius 2 is 2.00 bits per heavy atom. The third kappa shape index (κ3) is 3.25. The highest BCUT2D eigenvalue weighted by Crippen LogP contribution is 2.33. The molecule has 126 valence electrons. The molecule has 0 spiro atoms. The van der Waals surface area contributed by atoms with Crippen LogP contribution < -0.4 is 10.1 Å². The Bertz CT molecular complexity index is 925. The first-order valence-electron chi connectivity index (χ1n) is 7.95. The topological polar surface area (TPSA) is 51.2 Å². The first-order valence-corrected chi connectivity index (χ1v) is 9.15. The number of nitrogens with one attached hydrogen (secondary N) is 1. The quantitative estimate of drug-likeness (QED) is 0.725. The number of fused-ring (bicyclic) bond motifs is 1. The van der Waals surface area contributed by atoms with E-state index in [1.807, 2.05) is 48.5 Å². The van der Waals surface area contributed by atoms with Gasteiger partial charge in [-0.3, -0.25) is 4.79 Å². The fraction of sp³-hybridized carbons (Fsp3) is 0.158. The molecule has 1 amide bonds. The summed E-state index contributed by atoms with van der Waals surface area (Å²) in [5.41, 5.74) is 1.85. The van der Waals surface area contributed by atoms with E-state index in [1.165, 1.54) is 11.3 Å². The number of benzene rings is 2. The van der Waals surface area contributed by atoms with Gasteiger partial charge in [0.2, 0.25) is 0 Å². The lowest BCUT2D eigenvalue weighted by Crippen LogP contribution is -2.31. The fourth-order valence-electron chi connectivity index (χ4n) is 2.86. The van der Waals surface area contributed by atoms with E-state index in [-0.39, 0.29) is 11.9 Å². The summed E-state index contributed by atoms with van der Waals surface area (Å²) < 4.78 is 5.64. The van der Waals surface area contributed by atoms with E-state index in [1.54, 1.807) is 6.20 Å². The number of ether oxygens (including phenoxy) is 1. The Labute approximate surface area is 154 Å². The molecule has 4 nitrogen and oxygen atoms in total. The van der Waals surface area contributed by atoms with Gasteiger partial charge in [0.15, 0.2) is 0 Å². The lowest BCUT2D eigenvalue weighted by molar-refractivity contribution is 0.0928. The zero-order valence-corrected chi connectivity index (χ0v) is 14.8. The number of hydrogen-bond acceptors (Lipinski definition) is 4. The molecule has 4 rings (SSSR count). The largest absolute Gasteiger partial charge is 0.493 e. The molecule has 1 atom stereocenters. The van der Waals surface area contributed by atoms with E-state index in [2.05, 4.69) is 10.3 Å². The highest BCUT2D eigenvalue weighted by Gasteiger charge is 2.24. The SMILES string of the molecule is O=C(NC1CCOc2ccccc21)c1cnc(-c2ccccc2Cl)s1. The fourth-order valence-corrected chi connectivity index (χ4v) is 4.00. The lowest BCUT2D eigenvalue weighted by Gasteiger charge is -2.26. The van der Waals surface area contributed by atoms with Crippen molar-refractivity contribution >= 4 is 28.8 Å². The van der Waals surface area contributed by atoms with Crippen LogP contribution in [0, 0.1) is 0 Å². The van der Waals surface area contributed by atoms with Crippen molar-refractivity contribution < 1.29 is 9.53 Å². The van der Waals surface area contributed by atoms with Crippen molar-refractivity contribution in [2.24, 2.45) is 0 Å². The van der Waals surface area contributed by atoms with Gasteiger partial charge in [0.25, 0.3) is 5.91 Å². The maximum Gasteiger partial charge on any atom is 0.263 e. The number of amides is 1. The second kappa shape index (κ2) is 6.86. The van der Waals surface area contributed by atoms with Crippen molar-refractivity contribution in [1.82, 2.24) is 10.3 Å². The summed E-state index contributed by atoms with van der Waals surface area (Å²) in [5, 5.41) is 4.46. The van der Waals surface area contributed by atoms with Crippen LogP contribution in [-0.2, 0) is 0 Å². The van der Waals surface area contributed by atoms with Crippen LogP contribution in [0.4, 0.5) is 0 Å². The second-order valence-electron chi connectivity index (χ2n) is 5.71. The Morgan fingerprint density at radius 1 is 1.20 bits per heavy atom. The predicted octanol–water partition coefficient (Wildman–Crippen LogP) is 4.72. The molecule has 0 aliphatic carbocycles. The molecule has 3 aromatic rings. The Balaban J connectivity index is 1.54. The first-order chi connectivity index (χ1) is 12.2. The zero-order chi connectivity index (χ0) is 17.2. The standard InChI is InChI=1S/C19H15ClN2O2S/c20-14-7-3-1-5-12(14)19-21-11-17(25-19)18(23)22-15-9-10-24-16-8-4-2-6-13(15)16/h1-8,11,15H,9-10H2,(H,22,23). The van der Waals surface area contributed by atoms with Gasteiger partial charge < -0.3 is 10.1 Å². The third-order valence-electron chi connectivity index (χ3n) is 4.10. The van der Waals surface area contributed by atoms with E-state index in [0.717, 1.165) is 28.3 Å². The van der Waals surface area contributed by atoms with Crippen LogP contribution in [0.2, 0.25) is 5.02 Å². The van der Waals surface area contributed by atoms with Gasteiger partial charge in [-0.25, -0.2) is 4.98 Å². The van der Waals surface area contributed by atoms with E-state index in [9.17, 15) is 4.79 Å². The number of hydrogen-bond donors (Lipinski definition) is 1. The molecule has 2 heterocycles. The predicted molar refractivity (Wildman–Crippen MR) is 99.3 cm³/mol. The van der Waals surface area contributed by atoms with Gasteiger partial charge >= 0.3 is 0 Å². The van der Waals surface area contributed by atoms with Gasteiger partial charge in [0.05, 0.1) is 23.9 Å². The van der Waals surface area contributed by atoms with Crippen LogP contribution in [0.5, 0.6) is 5.75 Å². The first kappa shape index (κ1) is 16.1. The van der Waals surface area contributed by atoms with Gasteiger partial charge in [-0.05, 0) is 12.1 Å². The molecule has 0 bridgehead atoms. The summed E-state index contributed by atoms with van der Waals surface area (Å²) in [4.78, 5) is 17.6. The number of halogens is 1. The molecule has 1 N–H and O–H groups in total. The normalized spacial score (nSPS) is 16.0. The van der Waals surface area contributed by atoms with Crippen LogP contribution in [0.3, 0.4) is 0 Å². The summed E-state index contributed by atoms with van der Waals surface area (Å²) in [6.07, 6.45) is 2.35. The Hall–Kier alpha value is -2.37. The van der Waals surface area contributed by atoms with E-state index >= 15 is 0 Å². The van der Waals surface area contributed by atoms with Gasteiger partial charge in [-0.1, -0.05) is 48.0 Å². The summed E-state index contributed by atoms with van der Waals surface area (Å²) in [6.45, 7) is 0.593. The molecule has 0 saturated heterocycles. The summed E-state index contributed by atoms with van der Waals surface area (Å²) >= 11 is 7.55. The average molecular weight is 371 g/mol. The van der Waals surface area contributed by atoms with Crippen LogP contribution >= 0.6 is 22.9 Å². The number of para-hydroxylation sites is 1. The molecule has 0 fully saturated rings. The second-order valence-corrected chi connectivity index (χ2v) is 7.15. The number of rotatable bonds is 3. The van der Waals surface area contributed by atoms with Crippen molar-refractivity contribution in [3.8, 4) is 16.3 Å². The minimum atomic E-state index is -0.127. The van der Waals surface area contributed by atoms with Crippen LogP contribution in [0.25, 0.3) is 10.6 Å². The molecule has 0 radical (unpaired) electrons. The average Bonchev–Trinajstić information content (AvgIpc) is 3.12. The molecule has 25 heavy (non-hydrogen) atoms. The monoisotopic (exact) mass is 370 g/mol.